The first-order valence-electron chi connectivity index (χ1n) is 6.97. The van der Waals surface area contributed by atoms with Crippen molar-refractivity contribution >= 4 is 56.5 Å². The number of nitrogens with zero attached hydrogens (tertiary/aromatic N) is 1. The third kappa shape index (κ3) is 4.39. The van der Waals surface area contributed by atoms with Gasteiger partial charge in [-0.25, -0.2) is 8.42 Å². The van der Waals surface area contributed by atoms with Crippen LogP contribution in [-0.4, -0.2) is 28.0 Å². The second-order valence-electron chi connectivity index (χ2n) is 5.12. The van der Waals surface area contributed by atoms with E-state index in [4.69, 9.17) is 34.8 Å². The fraction of sp³-hybridized carbons (Fsp3) is 0.188. The lowest BCUT2D eigenvalue weighted by Crippen LogP contribution is -2.36. The molecule has 0 heterocycles. The normalized spacial score (nSPS) is 11.2. The Labute approximate surface area is 161 Å². The Balaban J connectivity index is 2.62. The van der Waals surface area contributed by atoms with Crippen molar-refractivity contribution in [1.82, 2.24) is 0 Å². The van der Waals surface area contributed by atoms with Gasteiger partial charge in [-0.2, -0.15) is 0 Å². The van der Waals surface area contributed by atoms with Crippen LogP contribution in [0.5, 0.6) is 0 Å². The molecule has 5 nitrogen and oxygen atoms in total. The van der Waals surface area contributed by atoms with Crippen molar-refractivity contribution in [1.29, 1.82) is 0 Å². The van der Waals surface area contributed by atoms with Crippen LogP contribution in [0.2, 0.25) is 15.1 Å². The molecule has 0 aliphatic carbocycles. The predicted octanol–water partition coefficient (Wildman–Crippen LogP) is 4.32. The number of halogens is 3. The molecule has 134 valence electrons. The van der Waals surface area contributed by atoms with Crippen LogP contribution in [0, 0.1) is 6.92 Å². The number of sulfonamides is 1. The molecule has 0 radical (unpaired) electrons. The van der Waals surface area contributed by atoms with Crippen molar-refractivity contribution in [3.63, 3.8) is 0 Å². The minimum absolute atomic E-state index is 0.00384. The molecular formula is C16H14Cl3NO4S. The number of hydrogen-bond acceptors (Lipinski definition) is 4. The Bertz CT molecular complexity index is 898. The summed E-state index contributed by atoms with van der Waals surface area (Å²) in [4.78, 5) is 11.8. The predicted molar refractivity (Wildman–Crippen MR) is 99.2 cm³/mol. The van der Waals surface area contributed by atoms with E-state index in [9.17, 15) is 13.2 Å². The molecule has 9 heteroatoms. The number of hydrogen-bond donors (Lipinski definition) is 0. The number of benzene rings is 2. The zero-order chi connectivity index (χ0) is 18.8. The van der Waals surface area contributed by atoms with Gasteiger partial charge in [0, 0.05) is 0 Å². The van der Waals surface area contributed by atoms with Gasteiger partial charge in [0.2, 0.25) is 0 Å². The summed E-state index contributed by atoms with van der Waals surface area (Å²) >= 11 is 18.0. The van der Waals surface area contributed by atoms with E-state index >= 15 is 0 Å². The highest BCUT2D eigenvalue weighted by Crippen LogP contribution is 2.37. The van der Waals surface area contributed by atoms with Gasteiger partial charge < -0.3 is 4.74 Å². The van der Waals surface area contributed by atoms with Gasteiger partial charge in [0.15, 0.2) is 0 Å². The van der Waals surface area contributed by atoms with Crippen LogP contribution < -0.4 is 4.31 Å². The zero-order valence-corrected chi connectivity index (χ0v) is 16.4. The second-order valence-corrected chi connectivity index (χ2v) is 8.20. The van der Waals surface area contributed by atoms with Gasteiger partial charge in [0.25, 0.3) is 10.0 Å². The van der Waals surface area contributed by atoms with Crippen molar-refractivity contribution in [3.05, 3.63) is 57.0 Å². The Morgan fingerprint density at radius 2 is 1.60 bits per heavy atom. The molecular weight excluding hydrogens is 409 g/mol. The number of methoxy groups -OCH3 is 1. The summed E-state index contributed by atoms with van der Waals surface area (Å²) in [5.41, 5.74) is 0.924. The fourth-order valence-corrected chi connectivity index (χ4v) is 4.14. The Kier molecular flexibility index (Phi) is 6.21. The number of aryl methyl sites for hydroxylation is 1. The maximum Gasteiger partial charge on any atom is 0.326 e. The standard InChI is InChI=1S/C16H14Cl3NO4S/c1-10-3-5-11(6-4-10)25(22,23)20(9-16(21)24-2)15-8-13(18)12(17)7-14(15)19/h3-8H,9H2,1-2H3. The van der Waals surface area contributed by atoms with E-state index in [0.29, 0.717) is 0 Å². The SMILES string of the molecule is COC(=O)CN(c1cc(Cl)c(Cl)cc1Cl)S(=O)(=O)c1ccc(C)cc1. The first-order chi connectivity index (χ1) is 11.7. The highest BCUT2D eigenvalue weighted by atomic mass is 35.5. The van der Waals surface area contributed by atoms with Crippen molar-refractivity contribution in [2.75, 3.05) is 18.0 Å². The molecule has 2 aromatic carbocycles. The molecule has 0 fully saturated rings. The third-order valence-corrected chi connectivity index (χ3v) is 6.17. The van der Waals surface area contributed by atoms with Crippen LogP contribution in [0.1, 0.15) is 5.56 Å². The molecule has 2 aromatic rings. The smallest absolute Gasteiger partial charge is 0.326 e. The molecule has 0 bridgehead atoms. The van der Waals surface area contributed by atoms with Crippen LogP contribution in [0.3, 0.4) is 0 Å². The Morgan fingerprint density at radius 1 is 1.04 bits per heavy atom. The van der Waals surface area contributed by atoms with E-state index < -0.39 is 22.5 Å². The lowest BCUT2D eigenvalue weighted by Gasteiger charge is -2.24. The first-order valence-corrected chi connectivity index (χ1v) is 9.55. The van der Waals surface area contributed by atoms with Crippen molar-refractivity contribution in [2.24, 2.45) is 0 Å². The monoisotopic (exact) mass is 421 g/mol. The molecule has 0 aromatic heterocycles. The molecule has 0 unspecified atom stereocenters. The summed E-state index contributed by atoms with van der Waals surface area (Å²) in [6.07, 6.45) is 0. The topological polar surface area (TPSA) is 63.7 Å². The van der Waals surface area contributed by atoms with Crippen molar-refractivity contribution in [3.8, 4) is 0 Å². The van der Waals surface area contributed by atoms with Gasteiger partial charge in [-0.3, -0.25) is 9.10 Å². The van der Waals surface area contributed by atoms with Crippen LogP contribution in [0.4, 0.5) is 5.69 Å². The van der Waals surface area contributed by atoms with Crippen molar-refractivity contribution in [2.45, 2.75) is 11.8 Å². The number of carbonyl (C=O) groups is 1. The molecule has 0 atom stereocenters. The second kappa shape index (κ2) is 7.83. The van der Waals surface area contributed by atoms with Gasteiger partial charge in [-0.1, -0.05) is 52.5 Å². The van der Waals surface area contributed by atoms with E-state index in [1.807, 2.05) is 6.92 Å². The fourth-order valence-electron chi connectivity index (χ4n) is 2.02. The summed E-state index contributed by atoms with van der Waals surface area (Å²) in [5, 5.41) is 0.310. The number of ether oxygens (including phenoxy) is 1. The molecule has 0 spiro atoms. The summed E-state index contributed by atoms with van der Waals surface area (Å²) in [6, 6.07) is 8.80. The van der Waals surface area contributed by atoms with Crippen LogP contribution in [0.15, 0.2) is 41.3 Å². The van der Waals surface area contributed by atoms with E-state index in [-0.39, 0.29) is 25.7 Å². The minimum atomic E-state index is -4.08. The number of rotatable bonds is 5. The van der Waals surface area contributed by atoms with E-state index in [2.05, 4.69) is 4.74 Å². The molecule has 25 heavy (non-hydrogen) atoms. The van der Waals surface area contributed by atoms with Gasteiger partial charge >= 0.3 is 5.97 Å². The average molecular weight is 423 g/mol. The maximum absolute atomic E-state index is 13.0. The molecule has 0 aliphatic heterocycles. The van der Waals surface area contributed by atoms with Crippen molar-refractivity contribution < 1.29 is 17.9 Å². The highest BCUT2D eigenvalue weighted by Gasteiger charge is 2.29. The summed E-state index contributed by atoms with van der Waals surface area (Å²) < 4.78 is 31.5. The molecule has 0 saturated heterocycles. The Morgan fingerprint density at radius 3 is 2.16 bits per heavy atom. The van der Waals surface area contributed by atoms with E-state index in [1.165, 1.54) is 24.3 Å². The van der Waals surface area contributed by atoms with E-state index in [1.54, 1.807) is 12.1 Å². The van der Waals surface area contributed by atoms with Crippen LogP contribution in [-0.2, 0) is 19.6 Å². The van der Waals surface area contributed by atoms with Gasteiger partial charge in [0.05, 0.1) is 32.8 Å². The summed E-state index contributed by atoms with van der Waals surface area (Å²) in [7, 11) is -2.92. The lowest BCUT2D eigenvalue weighted by molar-refractivity contribution is -0.138. The first kappa shape index (κ1) is 19.8. The van der Waals surface area contributed by atoms with Gasteiger partial charge in [0.1, 0.15) is 6.54 Å². The quantitative estimate of drug-likeness (QED) is 0.531. The summed E-state index contributed by atoms with van der Waals surface area (Å²) in [6.45, 7) is 1.27. The zero-order valence-electron chi connectivity index (χ0n) is 13.3. The molecule has 0 N–H and O–H groups in total. The highest BCUT2D eigenvalue weighted by molar-refractivity contribution is 7.92. The summed E-state index contributed by atoms with van der Waals surface area (Å²) in [5.74, 6) is -0.752. The minimum Gasteiger partial charge on any atom is -0.468 e. The van der Waals surface area contributed by atoms with Gasteiger partial charge in [-0.05, 0) is 31.2 Å². The number of anilines is 1. The van der Waals surface area contributed by atoms with Crippen LogP contribution in [0.25, 0.3) is 0 Å². The molecule has 0 aliphatic rings. The largest absolute Gasteiger partial charge is 0.468 e. The lowest BCUT2D eigenvalue weighted by atomic mass is 10.2. The average Bonchev–Trinajstić information content (AvgIpc) is 2.56. The molecule has 0 saturated carbocycles. The number of esters is 1. The molecule has 2 rings (SSSR count). The van der Waals surface area contributed by atoms with Gasteiger partial charge in [-0.15, -0.1) is 0 Å². The molecule has 0 amide bonds. The van der Waals surface area contributed by atoms with E-state index in [0.717, 1.165) is 17.0 Å². The van der Waals surface area contributed by atoms with Crippen LogP contribution >= 0.6 is 34.8 Å². The Hall–Kier alpha value is -1.47. The maximum atomic E-state index is 13.0. The third-order valence-electron chi connectivity index (χ3n) is 3.37. The number of carbonyl (C=O) groups excluding carboxylic acids is 1.